The lowest BCUT2D eigenvalue weighted by Crippen LogP contribution is -2.46. The van der Waals surface area contributed by atoms with Crippen LogP contribution in [0.3, 0.4) is 0 Å². The van der Waals surface area contributed by atoms with Crippen molar-refractivity contribution in [2.45, 2.75) is 44.6 Å². The summed E-state index contributed by atoms with van der Waals surface area (Å²) < 4.78 is 29.2. The van der Waals surface area contributed by atoms with E-state index in [4.69, 9.17) is 23.7 Å². The fourth-order valence-corrected chi connectivity index (χ4v) is 6.30. The lowest BCUT2D eigenvalue weighted by Gasteiger charge is -2.30. The molecule has 1 fully saturated rings. The number of methoxy groups -OCH3 is 2. The third-order valence-corrected chi connectivity index (χ3v) is 8.61. The number of rotatable bonds is 17. The normalized spacial score (nSPS) is 19.4. The van der Waals surface area contributed by atoms with Crippen LogP contribution in [-0.2, 0) is 9.59 Å². The van der Waals surface area contributed by atoms with Crippen molar-refractivity contribution in [3.8, 4) is 28.7 Å². The number of hydrogen-bond donors (Lipinski definition) is 1. The second-order valence-corrected chi connectivity index (χ2v) is 12.8. The van der Waals surface area contributed by atoms with Gasteiger partial charge in [0.1, 0.15) is 0 Å². The standard InChI is InChI=1S/C34H49N3O8/c1-7-8-15-35(16-11-17-37(2,3)4)31(38)22-36-21-25(24-19-29(42-6)33-30(20-24)44-23-45-33)32(34(39)40)26(36)14-18-43-28-13-10-9-12-27(28)41-5/h9-10,12-13,19-20,25-26,32H,7-8,11,14-18,21-23H2,1-6H3/p+1/t25-,26+,32-/m1/s1. The van der Waals surface area contributed by atoms with Gasteiger partial charge in [0.25, 0.3) is 0 Å². The zero-order valence-electron chi connectivity index (χ0n) is 27.6. The summed E-state index contributed by atoms with van der Waals surface area (Å²) in [7, 11) is 9.59. The van der Waals surface area contributed by atoms with Gasteiger partial charge < -0.3 is 38.2 Å². The number of benzene rings is 2. The molecule has 1 saturated heterocycles. The number of amides is 1. The Morgan fingerprint density at radius 3 is 2.40 bits per heavy atom. The van der Waals surface area contributed by atoms with E-state index in [1.165, 1.54) is 0 Å². The number of carboxylic acid groups (broad SMARTS) is 1. The molecule has 0 aliphatic carbocycles. The maximum atomic E-state index is 13.9. The summed E-state index contributed by atoms with van der Waals surface area (Å²) in [5.41, 5.74) is 0.778. The van der Waals surface area contributed by atoms with Gasteiger partial charge in [-0.1, -0.05) is 25.5 Å². The Labute approximate surface area is 267 Å². The van der Waals surface area contributed by atoms with Crippen molar-refractivity contribution < 1.29 is 42.9 Å². The highest BCUT2D eigenvalue weighted by atomic mass is 16.7. The number of ether oxygens (including phenoxy) is 5. The molecule has 0 aromatic heterocycles. The molecule has 2 aromatic carbocycles. The molecule has 2 aromatic rings. The van der Waals surface area contributed by atoms with Crippen molar-refractivity contribution in [1.29, 1.82) is 0 Å². The molecule has 3 atom stereocenters. The van der Waals surface area contributed by atoms with Crippen LogP contribution in [-0.4, -0.2) is 119 Å². The highest BCUT2D eigenvalue weighted by Gasteiger charge is 2.47. The number of carbonyl (C=O) groups is 2. The second kappa shape index (κ2) is 15.5. The number of para-hydroxylation sites is 2. The summed E-state index contributed by atoms with van der Waals surface area (Å²) in [6.45, 7) is 5.31. The van der Waals surface area contributed by atoms with E-state index in [2.05, 4.69) is 28.1 Å². The van der Waals surface area contributed by atoms with Crippen molar-refractivity contribution >= 4 is 11.9 Å². The Balaban J connectivity index is 1.60. The minimum absolute atomic E-state index is 0.0218. The first-order valence-corrected chi connectivity index (χ1v) is 15.8. The summed E-state index contributed by atoms with van der Waals surface area (Å²) in [4.78, 5) is 30.9. The van der Waals surface area contributed by atoms with Crippen molar-refractivity contribution in [3.05, 3.63) is 42.0 Å². The van der Waals surface area contributed by atoms with Crippen LogP contribution in [0.2, 0.25) is 0 Å². The molecule has 11 heteroatoms. The van der Waals surface area contributed by atoms with Gasteiger partial charge in [-0.15, -0.1) is 0 Å². The number of carbonyl (C=O) groups excluding carboxylic acids is 1. The van der Waals surface area contributed by atoms with E-state index in [1.54, 1.807) is 14.2 Å². The molecule has 0 bridgehead atoms. The van der Waals surface area contributed by atoms with Crippen LogP contribution in [0.25, 0.3) is 0 Å². The van der Waals surface area contributed by atoms with Crippen molar-refractivity contribution in [2.75, 3.05) is 81.5 Å². The van der Waals surface area contributed by atoms with E-state index in [-0.39, 0.29) is 25.9 Å². The van der Waals surface area contributed by atoms with Crippen molar-refractivity contribution in [3.63, 3.8) is 0 Å². The van der Waals surface area contributed by atoms with Gasteiger partial charge in [-0.2, -0.15) is 0 Å². The van der Waals surface area contributed by atoms with Crippen LogP contribution in [0.15, 0.2) is 36.4 Å². The molecule has 11 nitrogen and oxygen atoms in total. The predicted molar refractivity (Wildman–Crippen MR) is 170 cm³/mol. The number of unbranched alkanes of at least 4 members (excludes halogenated alkanes) is 1. The third-order valence-electron chi connectivity index (χ3n) is 8.61. The first-order chi connectivity index (χ1) is 21.6. The highest BCUT2D eigenvalue weighted by molar-refractivity contribution is 5.79. The Morgan fingerprint density at radius 1 is 1.02 bits per heavy atom. The number of quaternary nitrogens is 1. The molecular formula is C34H50N3O8+. The minimum atomic E-state index is -0.917. The average Bonchev–Trinajstić information content (AvgIpc) is 3.63. The maximum absolute atomic E-state index is 13.9. The van der Waals surface area contributed by atoms with Gasteiger partial charge >= 0.3 is 5.97 Å². The number of fused-ring (bicyclic) bond motifs is 1. The molecule has 1 N–H and O–H groups in total. The van der Waals surface area contributed by atoms with E-state index in [1.807, 2.05) is 46.2 Å². The largest absolute Gasteiger partial charge is 0.493 e. The Kier molecular flexibility index (Phi) is 11.8. The van der Waals surface area contributed by atoms with E-state index >= 15 is 0 Å². The third kappa shape index (κ3) is 8.73. The monoisotopic (exact) mass is 628 g/mol. The second-order valence-electron chi connectivity index (χ2n) is 12.8. The number of carboxylic acids is 1. The van der Waals surface area contributed by atoms with Crippen LogP contribution in [0.1, 0.15) is 44.1 Å². The van der Waals surface area contributed by atoms with Gasteiger partial charge in [-0.3, -0.25) is 14.5 Å². The summed E-state index contributed by atoms with van der Waals surface area (Å²) in [6, 6.07) is 10.6. The zero-order chi connectivity index (χ0) is 32.6. The fourth-order valence-electron chi connectivity index (χ4n) is 6.30. The van der Waals surface area contributed by atoms with Crippen LogP contribution in [0.5, 0.6) is 28.7 Å². The predicted octanol–water partition coefficient (Wildman–Crippen LogP) is 4.10. The molecule has 0 radical (unpaired) electrons. The first kappa shape index (κ1) is 34.2. The molecular weight excluding hydrogens is 578 g/mol. The van der Waals surface area contributed by atoms with Crippen LogP contribution < -0.4 is 23.7 Å². The molecule has 0 unspecified atom stereocenters. The zero-order valence-corrected chi connectivity index (χ0v) is 27.6. The molecule has 2 heterocycles. The number of likely N-dealkylation sites (tertiary alicyclic amines) is 1. The molecule has 2 aliphatic rings. The van der Waals surface area contributed by atoms with Gasteiger partial charge in [-0.05, 0) is 42.7 Å². The van der Waals surface area contributed by atoms with Gasteiger partial charge in [0.05, 0.1) is 61.0 Å². The molecule has 4 rings (SSSR count). The van der Waals surface area contributed by atoms with Gasteiger partial charge in [0, 0.05) is 38.0 Å². The molecule has 1 amide bonds. The fraction of sp³-hybridized carbons (Fsp3) is 0.588. The smallest absolute Gasteiger partial charge is 0.308 e. The number of nitrogens with zero attached hydrogens (tertiary/aromatic N) is 3. The quantitative estimate of drug-likeness (QED) is 0.259. The summed E-state index contributed by atoms with van der Waals surface area (Å²) in [5.74, 6) is 0.654. The lowest BCUT2D eigenvalue weighted by molar-refractivity contribution is -0.870. The molecule has 2 aliphatic heterocycles. The van der Waals surface area contributed by atoms with Crippen LogP contribution >= 0.6 is 0 Å². The SMILES string of the molecule is CCCCN(CCC[N+](C)(C)C)C(=O)CN1C[C@H](c2cc(OC)c3c(c2)OCO3)[C@@H](C(=O)O)[C@@H]1CCOc1ccccc1OC. The summed E-state index contributed by atoms with van der Waals surface area (Å²) >= 11 is 0. The van der Waals surface area contributed by atoms with Crippen molar-refractivity contribution in [1.82, 2.24) is 9.80 Å². The van der Waals surface area contributed by atoms with E-state index in [9.17, 15) is 14.7 Å². The van der Waals surface area contributed by atoms with Gasteiger partial charge in [-0.25, -0.2) is 0 Å². The Morgan fingerprint density at radius 2 is 1.73 bits per heavy atom. The van der Waals surface area contributed by atoms with Crippen LogP contribution in [0, 0.1) is 5.92 Å². The highest BCUT2D eigenvalue weighted by Crippen LogP contribution is 2.47. The Hall–Kier alpha value is -3.70. The molecule has 45 heavy (non-hydrogen) atoms. The van der Waals surface area contributed by atoms with E-state index in [0.29, 0.717) is 54.8 Å². The van der Waals surface area contributed by atoms with Crippen LogP contribution in [0.4, 0.5) is 0 Å². The Bertz CT molecular complexity index is 1300. The molecule has 248 valence electrons. The lowest BCUT2D eigenvalue weighted by atomic mass is 9.84. The average molecular weight is 629 g/mol. The topological polar surface area (TPSA) is 107 Å². The first-order valence-electron chi connectivity index (χ1n) is 15.8. The number of hydrogen-bond acceptors (Lipinski definition) is 8. The van der Waals surface area contributed by atoms with Crippen molar-refractivity contribution in [2.24, 2.45) is 5.92 Å². The molecule has 0 spiro atoms. The molecule has 0 saturated carbocycles. The summed E-state index contributed by atoms with van der Waals surface area (Å²) in [5, 5.41) is 10.6. The number of aliphatic carboxylic acids is 1. The maximum Gasteiger partial charge on any atom is 0.308 e. The minimum Gasteiger partial charge on any atom is -0.493 e. The van der Waals surface area contributed by atoms with Gasteiger partial charge in [0.15, 0.2) is 23.0 Å². The van der Waals surface area contributed by atoms with Gasteiger partial charge in [0.2, 0.25) is 18.4 Å². The van der Waals surface area contributed by atoms with E-state index < -0.39 is 23.8 Å². The van der Waals surface area contributed by atoms with E-state index in [0.717, 1.165) is 35.9 Å². The summed E-state index contributed by atoms with van der Waals surface area (Å²) in [6.07, 6.45) is 3.22.